The maximum Gasteiger partial charge on any atom is 0.112 e. The average Bonchev–Trinajstić information content (AvgIpc) is 2.84. The lowest BCUT2D eigenvalue weighted by Gasteiger charge is -2.27. The van der Waals surface area contributed by atoms with Gasteiger partial charge in [0.25, 0.3) is 0 Å². The monoisotopic (exact) mass is 425 g/mol. The molecule has 0 heterocycles. The summed E-state index contributed by atoms with van der Waals surface area (Å²) in [4.78, 5) is 0. The molecule has 0 spiro atoms. The standard InChI is InChI=1S/C30H34P/c1-2-3-4-5-6-7-8-9-10-20-27-31(28-21-14-11-15-22-28,29-23-16-12-17-24-29)30-25-18-13-19-26-30/h3-4,6-7,9-19,21-26H,2,5,8,20,27H2,1H3/q+1/b4-3-,7-6-,10-9-. The minimum Gasteiger partial charge on any atom is -0.0885 e. The van der Waals surface area contributed by atoms with Gasteiger partial charge < -0.3 is 0 Å². The fraction of sp³-hybridized carbons (Fsp3) is 0.200. The van der Waals surface area contributed by atoms with Crippen molar-refractivity contribution in [3.05, 3.63) is 127 Å². The Balaban J connectivity index is 1.83. The van der Waals surface area contributed by atoms with Crippen molar-refractivity contribution in [1.82, 2.24) is 0 Å². The van der Waals surface area contributed by atoms with E-state index >= 15 is 0 Å². The van der Waals surface area contributed by atoms with E-state index in [0.29, 0.717) is 0 Å². The van der Waals surface area contributed by atoms with E-state index in [1.807, 2.05) is 0 Å². The zero-order valence-electron chi connectivity index (χ0n) is 18.6. The first-order chi connectivity index (χ1) is 15.4. The van der Waals surface area contributed by atoms with Crippen LogP contribution in [0.1, 0.15) is 32.6 Å². The van der Waals surface area contributed by atoms with Crippen LogP contribution < -0.4 is 15.9 Å². The van der Waals surface area contributed by atoms with Crippen molar-refractivity contribution in [3.63, 3.8) is 0 Å². The fourth-order valence-corrected chi connectivity index (χ4v) is 8.23. The second-order valence-corrected chi connectivity index (χ2v) is 11.2. The first-order valence-corrected chi connectivity index (χ1v) is 13.3. The predicted octanol–water partition coefficient (Wildman–Crippen LogP) is 7.23. The molecule has 0 aliphatic carbocycles. The van der Waals surface area contributed by atoms with Gasteiger partial charge in [0.05, 0.1) is 6.16 Å². The van der Waals surface area contributed by atoms with E-state index in [4.69, 9.17) is 0 Å². The van der Waals surface area contributed by atoms with Crippen LogP contribution >= 0.6 is 7.26 Å². The molecule has 0 unspecified atom stereocenters. The third-order valence-corrected chi connectivity index (χ3v) is 9.97. The lowest BCUT2D eigenvalue weighted by molar-refractivity contribution is 1.19. The molecule has 0 nitrogen and oxygen atoms in total. The van der Waals surface area contributed by atoms with Crippen LogP contribution in [0, 0.1) is 0 Å². The Morgan fingerprint density at radius 1 is 0.516 bits per heavy atom. The first-order valence-electron chi connectivity index (χ1n) is 11.4. The molecule has 31 heavy (non-hydrogen) atoms. The van der Waals surface area contributed by atoms with Crippen molar-refractivity contribution >= 4 is 23.2 Å². The minimum atomic E-state index is -1.71. The van der Waals surface area contributed by atoms with Crippen molar-refractivity contribution < 1.29 is 0 Å². The lowest BCUT2D eigenvalue weighted by Crippen LogP contribution is -2.33. The van der Waals surface area contributed by atoms with E-state index in [2.05, 4.69) is 134 Å². The van der Waals surface area contributed by atoms with E-state index in [9.17, 15) is 0 Å². The van der Waals surface area contributed by atoms with Crippen LogP contribution in [-0.2, 0) is 0 Å². The first kappa shape index (κ1) is 23.0. The van der Waals surface area contributed by atoms with Crippen molar-refractivity contribution in [3.8, 4) is 0 Å². The van der Waals surface area contributed by atoms with Crippen LogP contribution in [-0.4, -0.2) is 6.16 Å². The Morgan fingerprint density at radius 3 is 1.32 bits per heavy atom. The maximum absolute atomic E-state index is 2.37. The second-order valence-electron chi connectivity index (χ2n) is 7.62. The van der Waals surface area contributed by atoms with E-state index < -0.39 is 7.26 Å². The average molecular weight is 426 g/mol. The van der Waals surface area contributed by atoms with Gasteiger partial charge in [-0.1, -0.05) is 98.0 Å². The van der Waals surface area contributed by atoms with Gasteiger partial charge in [-0.2, -0.15) is 0 Å². The fourth-order valence-electron chi connectivity index (χ4n) is 3.98. The van der Waals surface area contributed by atoms with Gasteiger partial charge in [-0.15, -0.1) is 0 Å². The van der Waals surface area contributed by atoms with Crippen LogP contribution in [0.2, 0.25) is 0 Å². The van der Waals surface area contributed by atoms with Gasteiger partial charge >= 0.3 is 0 Å². The van der Waals surface area contributed by atoms with Gasteiger partial charge in [0.2, 0.25) is 0 Å². The number of benzene rings is 3. The number of hydrogen-bond acceptors (Lipinski definition) is 0. The molecular formula is C30H34P+. The molecule has 0 radical (unpaired) electrons. The Morgan fingerprint density at radius 2 is 0.903 bits per heavy atom. The topological polar surface area (TPSA) is 0 Å². The van der Waals surface area contributed by atoms with E-state index in [1.54, 1.807) is 0 Å². The summed E-state index contributed by atoms with van der Waals surface area (Å²) in [6.07, 6.45) is 19.0. The molecule has 0 saturated carbocycles. The highest BCUT2D eigenvalue weighted by atomic mass is 31.2. The van der Waals surface area contributed by atoms with Crippen LogP contribution in [0.4, 0.5) is 0 Å². The van der Waals surface area contributed by atoms with Crippen molar-refractivity contribution in [2.75, 3.05) is 6.16 Å². The zero-order chi connectivity index (χ0) is 21.6. The molecule has 0 atom stereocenters. The van der Waals surface area contributed by atoms with Gasteiger partial charge in [-0.25, -0.2) is 0 Å². The van der Waals surface area contributed by atoms with Gasteiger partial charge in [0.15, 0.2) is 0 Å². The molecule has 0 amide bonds. The maximum atomic E-state index is 2.37. The van der Waals surface area contributed by atoms with Crippen molar-refractivity contribution in [2.45, 2.75) is 32.6 Å². The molecule has 0 saturated heterocycles. The van der Waals surface area contributed by atoms with Crippen LogP contribution in [0.25, 0.3) is 0 Å². The van der Waals surface area contributed by atoms with E-state index in [-0.39, 0.29) is 0 Å². The van der Waals surface area contributed by atoms with Gasteiger partial charge in [-0.05, 0) is 55.7 Å². The third-order valence-electron chi connectivity index (χ3n) is 5.50. The molecule has 0 aliphatic rings. The summed E-state index contributed by atoms with van der Waals surface area (Å²) >= 11 is 0. The number of rotatable bonds is 11. The predicted molar refractivity (Wildman–Crippen MR) is 142 cm³/mol. The second kappa shape index (κ2) is 12.9. The summed E-state index contributed by atoms with van der Waals surface area (Å²) < 4.78 is 0. The Kier molecular flexibility index (Phi) is 9.55. The van der Waals surface area contributed by atoms with Crippen molar-refractivity contribution in [1.29, 1.82) is 0 Å². The highest BCUT2D eigenvalue weighted by Gasteiger charge is 2.44. The van der Waals surface area contributed by atoms with Gasteiger partial charge in [-0.3, -0.25) is 0 Å². The van der Waals surface area contributed by atoms with Crippen LogP contribution in [0.15, 0.2) is 127 Å². The molecular weight excluding hydrogens is 391 g/mol. The molecule has 0 aromatic heterocycles. The molecule has 3 aromatic carbocycles. The third kappa shape index (κ3) is 6.39. The Bertz CT molecular complexity index is 856. The van der Waals surface area contributed by atoms with E-state index in [1.165, 1.54) is 15.9 Å². The Hall–Kier alpha value is -2.69. The van der Waals surface area contributed by atoms with Crippen LogP contribution in [0.5, 0.6) is 0 Å². The summed E-state index contributed by atoms with van der Waals surface area (Å²) in [6.45, 7) is 2.17. The smallest absolute Gasteiger partial charge is 0.0885 e. The highest BCUT2D eigenvalue weighted by molar-refractivity contribution is 7.95. The van der Waals surface area contributed by atoms with Crippen molar-refractivity contribution in [2.24, 2.45) is 0 Å². The normalized spacial score (nSPS) is 12.3. The van der Waals surface area contributed by atoms with Crippen LogP contribution in [0.3, 0.4) is 0 Å². The molecule has 3 rings (SSSR count). The summed E-state index contributed by atoms with van der Waals surface area (Å²) in [5, 5.41) is 4.38. The summed E-state index contributed by atoms with van der Waals surface area (Å²) in [7, 11) is -1.71. The molecule has 1 heteroatoms. The number of hydrogen-bond donors (Lipinski definition) is 0. The minimum absolute atomic E-state index is 1.01. The number of allylic oxidation sites excluding steroid dienone is 6. The zero-order valence-corrected chi connectivity index (χ0v) is 19.5. The Labute approximate surface area is 189 Å². The lowest BCUT2D eigenvalue weighted by atomic mass is 10.2. The van der Waals surface area contributed by atoms with Gasteiger partial charge in [0, 0.05) is 6.42 Å². The SMILES string of the molecule is CC/C=C\C/C=C\C/C=C\CC[P+](c1ccccc1)(c1ccccc1)c1ccccc1. The highest BCUT2D eigenvalue weighted by Crippen LogP contribution is 2.55. The summed E-state index contributed by atoms with van der Waals surface area (Å²) in [6, 6.07) is 33.4. The summed E-state index contributed by atoms with van der Waals surface area (Å²) in [5.74, 6) is 0. The molecule has 0 N–H and O–H groups in total. The largest absolute Gasteiger partial charge is 0.112 e. The van der Waals surface area contributed by atoms with E-state index in [0.717, 1.165) is 31.8 Å². The van der Waals surface area contributed by atoms with Gasteiger partial charge in [0.1, 0.15) is 23.2 Å². The quantitative estimate of drug-likeness (QED) is 0.225. The molecule has 3 aromatic rings. The molecule has 158 valence electrons. The molecule has 0 bridgehead atoms. The molecule has 0 fully saturated rings. The summed E-state index contributed by atoms with van der Waals surface area (Å²) in [5.41, 5.74) is 0. The molecule has 0 aliphatic heterocycles.